The van der Waals surface area contributed by atoms with Crippen LogP contribution in [0.2, 0.25) is 0 Å². The molecule has 3 N–H and O–H groups in total. The summed E-state index contributed by atoms with van der Waals surface area (Å²) in [7, 11) is 0. The number of nitrogens with zero attached hydrogens (tertiary/aromatic N) is 1. The first kappa shape index (κ1) is 35.3. The van der Waals surface area contributed by atoms with Crippen molar-refractivity contribution in [1.29, 1.82) is 0 Å². The van der Waals surface area contributed by atoms with Crippen molar-refractivity contribution in [2.75, 3.05) is 5.32 Å². The zero-order valence-corrected chi connectivity index (χ0v) is 26.8. The van der Waals surface area contributed by atoms with Crippen LogP contribution in [-0.2, 0) is 24.6 Å². The number of hydrogen-bond donors (Lipinski definition) is 3. The number of amides is 4. The lowest BCUT2D eigenvalue weighted by molar-refractivity contribution is -0.150. The van der Waals surface area contributed by atoms with Gasteiger partial charge in [0.2, 0.25) is 5.91 Å². The summed E-state index contributed by atoms with van der Waals surface area (Å²) in [5.41, 5.74) is 3.45. The van der Waals surface area contributed by atoms with Gasteiger partial charge in [-0.15, -0.1) is 0 Å². The molecule has 1 heterocycles. The molecule has 42 heavy (non-hydrogen) atoms. The van der Waals surface area contributed by atoms with E-state index in [0.29, 0.717) is 28.2 Å². The molecule has 1 fully saturated rings. The molecule has 4 amide bonds. The molecule has 1 aromatic rings. The summed E-state index contributed by atoms with van der Waals surface area (Å²) in [6.45, 7) is 9.95. The molecule has 1 unspecified atom stereocenters. The zero-order chi connectivity index (χ0) is 31.1. The molecule has 1 aliphatic heterocycles. The van der Waals surface area contributed by atoms with Crippen molar-refractivity contribution in [3.63, 3.8) is 0 Å². The predicted octanol–water partition coefficient (Wildman–Crippen LogP) is 7.60. The monoisotopic (exact) mass is 585 g/mol. The fourth-order valence-electron chi connectivity index (χ4n) is 5.52. The third kappa shape index (κ3) is 11.1. The van der Waals surface area contributed by atoms with Crippen LogP contribution in [0.15, 0.2) is 12.1 Å². The Labute approximate surface area is 253 Å². The van der Waals surface area contributed by atoms with Gasteiger partial charge < -0.3 is 10.4 Å². The molecule has 0 spiro atoms. The average Bonchev–Trinajstić information content (AvgIpc) is 3.22. The Hall–Kier alpha value is -2.90. The largest absolute Gasteiger partial charge is 0.507 e. The van der Waals surface area contributed by atoms with E-state index in [1.165, 1.54) is 70.6 Å². The van der Waals surface area contributed by atoms with E-state index in [9.17, 15) is 24.3 Å². The Morgan fingerprint density at radius 3 is 1.90 bits per heavy atom. The third-order valence-corrected chi connectivity index (χ3v) is 8.74. The summed E-state index contributed by atoms with van der Waals surface area (Å²) in [5.74, 6) is -3.33. The van der Waals surface area contributed by atoms with Gasteiger partial charge in [-0.05, 0) is 42.9 Å². The first-order valence-electron chi connectivity index (χ1n) is 16.3. The van der Waals surface area contributed by atoms with Crippen LogP contribution in [0.1, 0.15) is 148 Å². The smallest absolute Gasteiger partial charge is 0.328 e. The first-order chi connectivity index (χ1) is 20.0. The molecule has 0 radical (unpaired) electrons. The molecule has 236 valence electrons. The number of rotatable bonds is 19. The fraction of sp³-hybridized carbons (Fsp3) is 0.706. The van der Waals surface area contributed by atoms with Crippen LogP contribution in [0.3, 0.4) is 0 Å². The number of phenolic OH excluding ortho intramolecular Hbond substituents is 1. The third-order valence-electron chi connectivity index (χ3n) is 8.74. The van der Waals surface area contributed by atoms with Crippen LogP contribution in [-0.4, -0.2) is 33.7 Å². The van der Waals surface area contributed by atoms with E-state index in [4.69, 9.17) is 0 Å². The molecule has 0 bridgehead atoms. The summed E-state index contributed by atoms with van der Waals surface area (Å²) >= 11 is 0. The Balaban J connectivity index is 1.69. The minimum atomic E-state index is -1.09. The maximum Gasteiger partial charge on any atom is 0.328 e. The Bertz CT molecular complexity index is 1050. The van der Waals surface area contributed by atoms with E-state index in [0.717, 1.165) is 25.7 Å². The lowest BCUT2D eigenvalue weighted by Crippen LogP contribution is -2.50. The van der Waals surface area contributed by atoms with Crippen molar-refractivity contribution < 1.29 is 24.3 Å². The number of aromatic hydroxyl groups is 1. The van der Waals surface area contributed by atoms with Gasteiger partial charge in [-0.25, -0.2) is 5.43 Å². The Kier molecular flexibility index (Phi) is 15.1. The number of hydrazine groups is 1. The van der Waals surface area contributed by atoms with E-state index in [1.807, 2.05) is 20.8 Å². The number of hydrogen-bond acceptors (Lipinski definition) is 5. The van der Waals surface area contributed by atoms with Crippen molar-refractivity contribution in [3.05, 3.63) is 23.3 Å². The number of aryl methyl sites for hydroxylation is 1. The van der Waals surface area contributed by atoms with Gasteiger partial charge in [0, 0.05) is 23.6 Å². The lowest BCUT2D eigenvalue weighted by atomic mass is 9.80. The number of phenols is 1. The molecule has 0 aliphatic carbocycles. The van der Waals surface area contributed by atoms with Crippen LogP contribution in [0.25, 0.3) is 0 Å². The molecule has 1 aliphatic rings. The van der Waals surface area contributed by atoms with Gasteiger partial charge in [-0.1, -0.05) is 118 Å². The highest BCUT2D eigenvalue weighted by Crippen LogP contribution is 2.37. The Morgan fingerprint density at radius 1 is 0.857 bits per heavy atom. The molecular formula is C34H55N3O5. The maximum atomic E-state index is 12.8. The number of nitrogens with one attached hydrogen (secondary N) is 2. The summed E-state index contributed by atoms with van der Waals surface area (Å²) in [4.78, 5) is 50.4. The van der Waals surface area contributed by atoms with E-state index in [-0.39, 0.29) is 17.6 Å². The summed E-state index contributed by atoms with van der Waals surface area (Å²) in [6, 6.07) is 3.23. The Morgan fingerprint density at radius 2 is 1.38 bits per heavy atom. The zero-order valence-electron chi connectivity index (χ0n) is 26.8. The van der Waals surface area contributed by atoms with Crippen molar-refractivity contribution in [1.82, 2.24) is 10.4 Å². The molecule has 0 aromatic heterocycles. The molecule has 2 rings (SSSR count). The summed E-state index contributed by atoms with van der Waals surface area (Å²) in [5, 5.41) is 13.7. The van der Waals surface area contributed by atoms with Crippen LogP contribution in [0, 0.1) is 12.8 Å². The molecule has 8 heteroatoms. The number of benzene rings is 1. The van der Waals surface area contributed by atoms with E-state index >= 15 is 0 Å². The van der Waals surface area contributed by atoms with Crippen LogP contribution < -0.4 is 10.7 Å². The highest BCUT2D eigenvalue weighted by atomic mass is 16.3. The average molecular weight is 586 g/mol. The normalized spacial score (nSPS) is 15.4. The minimum absolute atomic E-state index is 0.0474. The first-order valence-corrected chi connectivity index (χ1v) is 16.3. The molecule has 0 saturated carbocycles. The second kappa shape index (κ2) is 17.9. The summed E-state index contributed by atoms with van der Waals surface area (Å²) in [6.07, 6.45) is 19.0. The second-order valence-corrected chi connectivity index (χ2v) is 12.7. The van der Waals surface area contributed by atoms with Gasteiger partial charge in [-0.3, -0.25) is 19.2 Å². The van der Waals surface area contributed by atoms with Gasteiger partial charge >= 0.3 is 11.8 Å². The van der Waals surface area contributed by atoms with E-state index in [1.54, 1.807) is 19.1 Å². The second-order valence-electron chi connectivity index (χ2n) is 12.7. The van der Waals surface area contributed by atoms with Gasteiger partial charge in [-0.2, -0.15) is 5.01 Å². The number of anilines is 1. The van der Waals surface area contributed by atoms with Crippen molar-refractivity contribution in [2.45, 2.75) is 149 Å². The molecule has 1 saturated heterocycles. The van der Waals surface area contributed by atoms with Gasteiger partial charge in [0.15, 0.2) is 0 Å². The van der Waals surface area contributed by atoms with Crippen molar-refractivity contribution in [2.24, 2.45) is 5.92 Å². The number of carbonyl (C=O) groups excluding carboxylic acids is 4. The topological polar surface area (TPSA) is 116 Å². The quantitative estimate of drug-likeness (QED) is 0.0669. The van der Waals surface area contributed by atoms with Crippen molar-refractivity contribution in [3.8, 4) is 5.75 Å². The van der Waals surface area contributed by atoms with Crippen molar-refractivity contribution >= 4 is 29.3 Å². The molecule has 1 aromatic carbocycles. The van der Waals surface area contributed by atoms with Gasteiger partial charge in [0.25, 0.3) is 5.91 Å². The number of imide groups is 1. The fourth-order valence-corrected chi connectivity index (χ4v) is 5.52. The lowest BCUT2D eigenvalue weighted by Gasteiger charge is -2.26. The minimum Gasteiger partial charge on any atom is -0.507 e. The SMILES string of the molecule is CCCCCCCCCCCCCCCCC1CC(=O)N(NC(=O)C(=O)Nc2cc(C)c(O)c(C(C)(C)CC)c2)C1=O. The van der Waals surface area contributed by atoms with Crippen LogP contribution in [0.5, 0.6) is 5.75 Å². The molecule has 8 nitrogen and oxygen atoms in total. The van der Waals surface area contributed by atoms with E-state index < -0.39 is 29.5 Å². The standard InChI is InChI=1S/C34H55N3O5/c1-6-8-9-10-11-12-13-14-15-16-17-18-19-20-21-26-23-29(38)37(33(26)42)36-32(41)31(40)35-27-22-25(3)30(39)28(24-27)34(4,5)7-2/h22,24,26,39H,6-21,23H2,1-5H3,(H,35,40)(H,36,41). The van der Waals surface area contributed by atoms with E-state index in [2.05, 4.69) is 17.7 Å². The van der Waals surface area contributed by atoms with Crippen LogP contribution in [0.4, 0.5) is 5.69 Å². The predicted molar refractivity (Wildman–Crippen MR) is 168 cm³/mol. The molecule has 1 atom stereocenters. The highest BCUT2D eigenvalue weighted by molar-refractivity contribution is 6.40. The van der Waals surface area contributed by atoms with Gasteiger partial charge in [0.1, 0.15) is 5.75 Å². The number of carbonyl (C=O) groups is 4. The van der Waals surface area contributed by atoms with Crippen LogP contribution >= 0.6 is 0 Å². The number of unbranched alkanes of at least 4 members (excludes halogenated alkanes) is 13. The highest BCUT2D eigenvalue weighted by Gasteiger charge is 2.40. The molecular weight excluding hydrogens is 530 g/mol. The maximum absolute atomic E-state index is 12.8. The summed E-state index contributed by atoms with van der Waals surface area (Å²) < 4.78 is 0. The van der Waals surface area contributed by atoms with Gasteiger partial charge in [0.05, 0.1) is 0 Å².